The number of pyridine rings is 1. The van der Waals surface area contributed by atoms with Crippen LogP contribution < -0.4 is 21.9 Å². The third-order valence-corrected chi connectivity index (χ3v) is 5.69. The molecule has 10 nitrogen and oxygen atoms in total. The lowest BCUT2D eigenvalue weighted by Crippen LogP contribution is -2.44. The van der Waals surface area contributed by atoms with Crippen LogP contribution in [0.2, 0.25) is 0 Å². The van der Waals surface area contributed by atoms with Gasteiger partial charge in [0.2, 0.25) is 5.95 Å². The van der Waals surface area contributed by atoms with Gasteiger partial charge in [-0.2, -0.15) is 10.2 Å². The highest BCUT2D eigenvalue weighted by Crippen LogP contribution is 2.22. The summed E-state index contributed by atoms with van der Waals surface area (Å²) in [5.74, 6) is 6.45. The second kappa shape index (κ2) is 9.90. The average Bonchev–Trinajstić information content (AvgIpc) is 3.19. The Morgan fingerprint density at radius 2 is 2.09 bits per heavy atom. The number of anilines is 1. The monoisotopic (exact) mass is 468 g/mol. The topological polar surface area (TPSA) is 128 Å². The van der Waals surface area contributed by atoms with Crippen molar-refractivity contribution in [1.29, 1.82) is 5.26 Å². The van der Waals surface area contributed by atoms with Crippen molar-refractivity contribution in [2.75, 3.05) is 18.0 Å². The molecule has 3 aromatic heterocycles. The van der Waals surface area contributed by atoms with Gasteiger partial charge in [0, 0.05) is 32.4 Å². The molecular formula is C22H25ClN8O2. The van der Waals surface area contributed by atoms with Crippen LogP contribution in [0.1, 0.15) is 31.0 Å². The smallest absolute Gasteiger partial charge is 0.332 e. The van der Waals surface area contributed by atoms with E-state index in [4.69, 9.17) is 5.73 Å². The zero-order chi connectivity index (χ0) is 22.8. The number of hydrogen-bond donors (Lipinski definition) is 1. The number of hydrogen-bond acceptors (Lipinski definition) is 7. The van der Waals surface area contributed by atoms with Gasteiger partial charge in [0.1, 0.15) is 6.07 Å². The highest BCUT2D eigenvalue weighted by Gasteiger charge is 2.26. The molecule has 1 aliphatic heterocycles. The molecule has 0 bridgehead atoms. The second-order valence-electron chi connectivity index (χ2n) is 7.79. The van der Waals surface area contributed by atoms with Crippen LogP contribution in [0.5, 0.6) is 0 Å². The quantitative estimate of drug-likeness (QED) is 0.555. The molecule has 0 aromatic carbocycles. The molecule has 1 aliphatic rings. The van der Waals surface area contributed by atoms with Crippen molar-refractivity contribution >= 4 is 29.5 Å². The third kappa shape index (κ3) is 4.36. The summed E-state index contributed by atoms with van der Waals surface area (Å²) < 4.78 is 4.20. The molecule has 11 heteroatoms. The maximum Gasteiger partial charge on any atom is 0.332 e. The van der Waals surface area contributed by atoms with Gasteiger partial charge >= 0.3 is 5.69 Å². The molecule has 33 heavy (non-hydrogen) atoms. The molecular weight excluding hydrogens is 444 g/mol. The van der Waals surface area contributed by atoms with E-state index >= 15 is 0 Å². The molecule has 2 N–H and O–H groups in total. The fourth-order valence-corrected chi connectivity index (χ4v) is 4.06. The van der Waals surface area contributed by atoms with Crippen LogP contribution in [0, 0.1) is 23.2 Å². The second-order valence-corrected chi connectivity index (χ2v) is 7.79. The Kier molecular flexibility index (Phi) is 7.22. The fraction of sp³-hybridized carbons (Fsp3) is 0.409. The van der Waals surface area contributed by atoms with Crippen LogP contribution in [0.4, 0.5) is 5.95 Å². The van der Waals surface area contributed by atoms with Gasteiger partial charge in [-0.1, -0.05) is 5.92 Å². The minimum Gasteiger partial charge on any atom is -0.341 e. The van der Waals surface area contributed by atoms with Crippen LogP contribution in [0.25, 0.3) is 11.2 Å². The first-order chi connectivity index (χ1) is 15.5. The molecule has 1 fully saturated rings. The van der Waals surface area contributed by atoms with Gasteiger partial charge in [0.05, 0.1) is 24.3 Å². The lowest BCUT2D eigenvalue weighted by Gasteiger charge is -2.31. The molecule has 1 saturated heterocycles. The maximum absolute atomic E-state index is 13.5. The van der Waals surface area contributed by atoms with Crippen molar-refractivity contribution in [3.8, 4) is 17.9 Å². The molecule has 1 atom stereocenters. The number of fused-ring (bicyclic) bond motifs is 1. The van der Waals surface area contributed by atoms with Gasteiger partial charge in [-0.3, -0.25) is 23.5 Å². The van der Waals surface area contributed by atoms with Crippen LogP contribution in [0.15, 0.2) is 27.9 Å². The van der Waals surface area contributed by atoms with Crippen LogP contribution >= 0.6 is 12.4 Å². The van der Waals surface area contributed by atoms with Crippen LogP contribution in [-0.2, 0) is 20.1 Å². The molecule has 3 aromatic rings. The summed E-state index contributed by atoms with van der Waals surface area (Å²) in [5, 5.41) is 9.37. The lowest BCUT2D eigenvalue weighted by molar-refractivity contribution is 0.496. The van der Waals surface area contributed by atoms with E-state index in [2.05, 4.69) is 27.9 Å². The minimum atomic E-state index is -0.523. The Hall–Kier alpha value is -3.60. The summed E-state index contributed by atoms with van der Waals surface area (Å²) in [6.07, 6.45) is 3.38. The Labute approximate surface area is 196 Å². The molecule has 1 unspecified atom stereocenters. The Bertz CT molecular complexity index is 1400. The predicted molar refractivity (Wildman–Crippen MR) is 127 cm³/mol. The minimum absolute atomic E-state index is 0. The summed E-state index contributed by atoms with van der Waals surface area (Å²) in [6.45, 7) is 3.26. The fourth-order valence-electron chi connectivity index (χ4n) is 4.06. The zero-order valence-electron chi connectivity index (χ0n) is 18.5. The molecule has 0 amide bonds. The first kappa shape index (κ1) is 24.1. The summed E-state index contributed by atoms with van der Waals surface area (Å²) in [7, 11) is 1.58. The highest BCUT2D eigenvalue weighted by atomic mass is 35.5. The average molecular weight is 469 g/mol. The number of imidazole rings is 1. The number of piperidine rings is 1. The highest BCUT2D eigenvalue weighted by molar-refractivity contribution is 5.85. The van der Waals surface area contributed by atoms with E-state index in [1.54, 1.807) is 30.7 Å². The molecule has 0 saturated carbocycles. The summed E-state index contributed by atoms with van der Waals surface area (Å²) in [4.78, 5) is 37.5. The molecule has 172 valence electrons. The van der Waals surface area contributed by atoms with E-state index in [1.165, 1.54) is 10.8 Å². The van der Waals surface area contributed by atoms with Crippen LogP contribution in [-0.4, -0.2) is 42.8 Å². The summed E-state index contributed by atoms with van der Waals surface area (Å²) >= 11 is 0. The van der Waals surface area contributed by atoms with E-state index in [1.807, 2.05) is 4.90 Å². The number of halogens is 1. The van der Waals surface area contributed by atoms with Crippen molar-refractivity contribution in [3.05, 3.63) is 50.4 Å². The van der Waals surface area contributed by atoms with Gasteiger partial charge in [-0.25, -0.2) is 4.79 Å². The van der Waals surface area contributed by atoms with Gasteiger partial charge in [0.15, 0.2) is 11.2 Å². The lowest BCUT2D eigenvalue weighted by atomic mass is 10.1. The molecule has 4 heterocycles. The molecule has 4 rings (SSSR count). The first-order valence-corrected chi connectivity index (χ1v) is 10.4. The summed E-state index contributed by atoms with van der Waals surface area (Å²) in [5.41, 5.74) is 6.41. The van der Waals surface area contributed by atoms with E-state index in [0.29, 0.717) is 34.9 Å². The van der Waals surface area contributed by atoms with E-state index in [0.717, 1.165) is 24.0 Å². The van der Waals surface area contributed by atoms with Gasteiger partial charge in [0.25, 0.3) is 5.56 Å². The molecule has 0 spiro atoms. The largest absolute Gasteiger partial charge is 0.341 e. The number of nitrogens with two attached hydrogens (primary N) is 1. The van der Waals surface area contributed by atoms with E-state index in [9.17, 15) is 14.9 Å². The Balaban J connectivity index is 0.00000306. The zero-order valence-corrected chi connectivity index (χ0v) is 19.3. The molecule has 0 aliphatic carbocycles. The first-order valence-electron chi connectivity index (χ1n) is 10.4. The van der Waals surface area contributed by atoms with E-state index in [-0.39, 0.29) is 31.5 Å². The number of aromatic nitrogens is 5. The van der Waals surface area contributed by atoms with Gasteiger partial charge in [-0.05, 0) is 31.9 Å². The van der Waals surface area contributed by atoms with Gasteiger partial charge < -0.3 is 10.6 Å². The Morgan fingerprint density at radius 3 is 2.79 bits per heavy atom. The predicted octanol–water partition coefficient (Wildman–Crippen LogP) is 0.584. The van der Waals surface area contributed by atoms with Crippen molar-refractivity contribution in [3.63, 3.8) is 0 Å². The van der Waals surface area contributed by atoms with Crippen molar-refractivity contribution in [2.45, 2.75) is 38.9 Å². The van der Waals surface area contributed by atoms with E-state index < -0.39 is 11.2 Å². The number of nitrogens with zero attached hydrogens (tertiary/aromatic N) is 7. The van der Waals surface area contributed by atoms with Crippen molar-refractivity contribution in [1.82, 2.24) is 23.7 Å². The SMILES string of the molecule is CC#CCn1c(N2CCCC(N)C2)nc2c1c(=O)n(Cc1ncccc1C#N)c(=O)n2C.Cl. The van der Waals surface area contributed by atoms with Crippen molar-refractivity contribution < 1.29 is 0 Å². The molecule has 0 radical (unpaired) electrons. The van der Waals surface area contributed by atoms with Gasteiger partial charge in [-0.15, -0.1) is 18.3 Å². The standard InChI is InChI=1S/C22H24N8O2.ClH/c1-3-4-11-29-18-19(26-21(29)28-10-6-8-16(24)13-28)27(2)22(32)30(20(18)31)14-17-15(12-23)7-5-9-25-17;/h5,7,9,16H,6,8,10-11,13-14,24H2,1-2H3;1H. The number of rotatable bonds is 4. The Morgan fingerprint density at radius 1 is 1.30 bits per heavy atom. The summed E-state index contributed by atoms with van der Waals surface area (Å²) in [6, 6.07) is 5.32. The maximum atomic E-state index is 13.5. The van der Waals surface area contributed by atoms with Crippen LogP contribution in [0.3, 0.4) is 0 Å². The number of aryl methyl sites for hydroxylation is 1. The normalized spacial score (nSPS) is 15.5. The van der Waals surface area contributed by atoms with Crippen molar-refractivity contribution in [2.24, 2.45) is 12.8 Å². The number of nitriles is 1. The third-order valence-electron chi connectivity index (χ3n) is 5.69.